The number of carbonyl (C=O) groups excluding carboxylic acids is 2. The summed E-state index contributed by atoms with van der Waals surface area (Å²) in [7, 11) is 0. The number of amides is 2. The third-order valence-corrected chi connectivity index (χ3v) is 8.03. The molecule has 6 heterocycles. The molecular formula is C28H24N18O4. The number of carbonyl (C=O) groups is 2. The summed E-state index contributed by atoms with van der Waals surface area (Å²) >= 11 is 0. The zero-order chi connectivity index (χ0) is 34.8. The summed E-state index contributed by atoms with van der Waals surface area (Å²) in [6, 6.07) is 5.54. The minimum atomic E-state index is -0.488. The molecule has 2 aliphatic heterocycles. The van der Waals surface area contributed by atoms with E-state index < -0.39 is 11.8 Å². The van der Waals surface area contributed by atoms with Crippen LogP contribution in [0.25, 0.3) is 21.8 Å². The highest BCUT2D eigenvalue weighted by Crippen LogP contribution is 2.18. The summed E-state index contributed by atoms with van der Waals surface area (Å²) in [5.74, 6) is -0.893. The van der Waals surface area contributed by atoms with E-state index in [4.69, 9.17) is 0 Å². The van der Waals surface area contributed by atoms with Crippen molar-refractivity contribution in [2.24, 2.45) is 25.4 Å². The molecule has 2 atom stereocenters. The van der Waals surface area contributed by atoms with E-state index in [0.717, 1.165) is 6.34 Å². The Hall–Kier alpha value is -7.00. The van der Waals surface area contributed by atoms with Gasteiger partial charge < -0.3 is 0 Å². The quantitative estimate of drug-likeness (QED) is 0.183. The van der Waals surface area contributed by atoms with E-state index in [1.54, 1.807) is 16.7 Å². The normalized spacial score (nSPS) is 14.4. The van der Waals surface area contributed by atoms with Crippen molar-refractivity contribution >= 4 is 40.0 Å². The van der Waals surface area contributed by atoms with Crippen molar-refractivity contribution in [3.8, 4) is 0 Å². The third-order valence-electron chi connectivity index (χ3n) is 8.03. The van der Waals surface area contributed by atoms with Gasteiger partial charge in [0, 0.05) is 0 Å². The molecule has 0 aliphatic carbocycles. The van der Waals surface area contributed by atoms with E-state index in [0.29, 0.717) is 69.6 Å². The van der Waals surface area contributed by atoms with Gasteiger partial charge in [0.05, 0.1) is 64.3 Å². The minimum Gasteiger partial charge on any atom is -0.294 e. The second-order valence-corrected chi connectivity index (χ2v) is 10.9. The number of rotatable bonds is 8. The monoisotopic (exact) mass is 676 g/mol. The molecule has 22 heteroatoms. The maximum atomic E-state index is 13.3. The maximum Gasteiger partial charge on any atom is 0.299 e. The molecule has 0 N–H and O–H groups in total. The van der Waals surface area contributed by atoms with Gasteiger partial charge in [0.25, 0.3) is 22.9 Å². The molecule has 4 aromatic heterocycles. The average Bonchev–Trinajstić information content (AvgIpc) is 3.85. The van der Waals surface area contributed by atoms with Gasteiger partial charge >= 0.3 is 0 Å². The Bertz CT molecular complexity index is 2390. The Labute approximate surface area is 277 Å². The number of hydrogen-bond acceptors (Lipinski definition) is 16. The topological polar surface area (TPSA) is 266 Å². The fraction of sp³-hybridized carbons (Fsp3) is 0.286. The van der Waals surface area contributed by atoms with Gasteiger partial charge in [0.2, 0.25) is 0 Å². The number of aromatic nitrogens is 13. The Morgan fingerprint density at radius 3 is 2.08 bits per heavy atom. The van der Waals surface area contributed by atoms with Crippen LogP contribution in [0.2, 0.25) is 0 Å². The molecule has 2 aromatic carbocycles. The first-order valence-corrected chi connectivity index (χ1v) is 15.2. The molecule has 0 spiro atoms. The molecule has 0 unspecified atom stereocenters. The van der Waals surface area contributed by atoms with E-state index >= 15 is 0 Å². The number of tetrazole rings is 2. The minimum absolute atomic E-state index is 0.218. The van der Waals surface area contributed by atoms with Crippen molar-refractivity contribution in [1.82, 2.24) is 65.0 Å². The first-order chi connectivity index (χ1) is 24.3. The Kier molecular flexibility index (Phi) is 8.37. The zero-order valence-electron chi connectivity index (χ0n) is 26.3. The van der Waals surface area contributed by atoms with Gasteiger partial charge in [-0.25, -0.2) is 14.7 Å². The molecule has 8 rings (SSSR count). The maximum absolute atomic E-state index is 13.3. The molecule has 2 aliphatic rings. The van der Waals surface area contributed by atoms with Crippen molar-refractivity contribution in [3.63, 3.8) is 0 Å². The van der Waals surface area contributed by atoms with Crippen LogP contribution in [-0.2, 0) is 13.1 Å². The van der Waals surface area contributed by atoms with Crippen LogP contribution < -0.4 is 21.8 Å². The van der Waals surface area contributed by atoms with E-state index in [2.05, 4.69) is 71.5 Å². The van der Waals surface area contributed by atoms with Gasteiger partial charge in [-0.2, -0.15) is 14.6 Å². The molecule has 0 saturated heterocycles. The standard InChI is InChI=1S/C19H21N13O2.C9H3N5O2/c1-3-12(7-30-23-9-21-26-30)29-11-20-16-5-15-17(6-14(16)18(29)33)25-28-32(19(15)34)13(4-2)8-31-24-10-22-27-31;15-8-4-2-7-5(9(16)13-14-12-7)1-6(4)10-3-11-8/h5-6,9-13H,3-4,7-8H2,1-2H3;1-3H/t12-,13-;/m1./s1. The van der Waals surface area contributed by atoms with Crippen LogP contribution in [-0.4, -0.2) is 83.1 Å². The zero-order valence-corrected chi connectivity index (χ0v) is 26.3. The van der Waals surface area contributed by atoms with Crippen molar-refractivity contribution in [1.29, 1.82) is 0 Å². The molecule has 50 heavy (non-hydrogen) atoms. The van der Waals surface area contributed by atoms with Crippen LogP contribution >= 0.6 is 0 Å². The van der Waals surface area contributed by atoms with Crippen LogP contribution in [0.1, 0.15) is 59.5 Å². The largest absolute Gasteiger partial charge is 0.299 e. The van der Waals surface area contributed by atoms with Crippen molar-refractivity contribution in [2.75, 3.05) is 0 Å². The molecule has 0 fully saturated rings. The third kappa shape index (κ3) is 5.95. The molecule has 22 nitrogen and oxygen atoms in total. The summed E-state index contributed by atoms with van der Waals surface area (Å²) in [6.07, 6.45) is 6.58. The van der Waals surface area contributed by atoms with Gasteiger partial charge in [0.1, 0.15) is 17.2 Å². The van der Waals surface area contributed by atoms with E-state index in [9.17, 15) is 19.2 Å². The van der Waals surface area contributed by atoms with Gasteiger partial charge in [-0.1, -0.05) is 24.2 Å². The Balaban J connectivity index is 0.000000203. The molecule has 0 bridgehead atoms. The van der Waals surface area contributed by atoms with E-state index in [1.807, 2.05) is 13.8 Å². The van der Waals surface area contributed by atoms with E-state index in [-0.39, 0.29) is 23.2 Å². The first kappa shape index (κ1) is 31.6. The number of nitrogens with zero attached hydrogens (tertiary/aromatic N) is 18. The number of aliphatic imine (C=N–C) groups is 1. The lowest BCUT2D eigenvalue weighted by Gasteiger charge is -2.17. The summed E-state index contributed by atoms with van der Waals surface area (Å²) in [5.41, 5.74) is 0.771. The second kappa shape index (κ2) is 13.2. The lowest BCUT2D eigenvalue weighted by Crippen LogP contribution is -2.31. The van der Waals surface area contributed by atoms with Crippen LogP contribution in [0.4, 0.5) is 0 Å². The van der Waals surface area contributed by atoms with Gasteiger partial charge in [-0.3, -0.25) is 23.7 Å². The smallest absolute Gasteiger partial charge is 0.294 e. The highest BCUT2D eigenvalue weighted by atomic mass is 16.2. The van der Waals surface area contributed by atoms with Gasteiger partial charge in [-0.15, -0.1) is 30.6 Å². The molecular weight excluding hydrogens is 652 g/mol. The molecule has 6 aromatic rings. The molecule has 2 amide bonds. The molecule has 250 valence electrons. The highest BCUT2D eigenvalue weighted by molar-refractivity contribution is 6.02. The summed E-state index contributed by atoms with van der Waals surface area (Å²) in [5, 5.41) is 43.2. The second-order valence-electron chi connectivity index (χ2n) is 10.9. The Morgan fingerprint density at radius 2 is 1.38 bits per heavy atom. The first-order valence-electron chi connectivity index (χ1n) is 15.2. The lowest BCUT2D eigenvalue weighted by atomic mass is 10.1. The van der Waals surface area contributed by atoms with Crippen molar-refractivity contribution in [2.45, 2.75) is 51.9 Å². The van der Waals surface area contributed by atoms with Crippen molar-refractivity contribution < 1.29 is 9.59 Å². The lowest BCUT2D eigenvalue weighted by molar-refractivity contribution is 0.0980. The molecule has 0 saturated carbocycles. The van der Waals surface area contributed by atoms with Crippen LogP contribution in [0.15, 0.2) is 78.3 Å². The summed E-state index contributed by atoms with van der Waals surface area (Å²) in [6.45, 7) is 4.60. The Morgan fingerprint density at radius 1 is 0.720 bits per heavy atom. The number of hydrogen-bond donors (Lipinski definition) is 0. The SMILES string of the molecule is CC[C@H](Cn1ncnn1)n1cnc2cc3c(=O)n([C@H](CC)Cn4ncnn4)nnc3cc2c1=O.O=C1N=CN=c2cc3c(cc21)=NN=NC3=O. The molecule has 0 radical (unpaired) electrons. The summed E-state index contributed by atoms with van der Waals surface area (Å²) < 4.78 is 2.86. The van der Waals surface area contributed by atoms with Crippen LogP contribution in [0.5, 0.6) is 0 Å². The summed E-state index contributed by atoms with van der Waals surface area (Å²) in [4.78, 5) is 64.0. The average molecular weight is 677 g/mol. The predicted octanol–water partition coefficient (Wildman–Crippen LogP) is -0.594. The van der Waals surface area contributed by atoms with Crippen molar-refractivity contribution in [3.05, 3.63) is 85.8 Å². The fourth-order valence-electron chi connectivity index (χ4n) is 5.39. The van der Waals surface area contributed by atoms with Crippen LogP contribution in [0.3, 0.4) is 0 Å². The van der Waals surface area contributed by atoms with E-state index in [1.165, 1.54) is 45.4 Å². The number of fused-ring (bicyclic) bond motifs is 4. The fourth-order valence-corrected chi connectivity index (χ4v) is 5.39. The highest BCUT2D eigenvalue weighted by Gasteiger charge is 2.20. The van der Waals surface area contributed by atoms with Crippen LogP contribution in [0, 0.1) is 0 Å². The number of benzene rings is 2. The van der Waals surface area contributed by atoms with Gasteiger partial charge in [-0.05, 0) is 52.8 Å². The van der Waals surface area contributed by atoms with Gasteiger partial charge in [0.15, 0.2) is 12.7 Å². The predicted molar refractivity (Wildman–Crippen MR) is 168 cm³/mol.